The Kier molecular flexibility index (Phi) is 4.29. The minimum Gasteiger partial charge on any atom is -0.278 e. The summed E-state index contributed by atoms with van der Waals surface area (Å²) in [4.78, 5) is 12.7. The molecule has 2 aromatic carbocycles. The van der Waals surface area contributed by atoms with Crippen LogP contribution in [0.25, 0.3) is 11.3 Å². The first-order valence-corrected chi connectivity index (χ1v) is 8.98. The van der Waals surface area contributed by atoms with Crippen molar-refractivity contribution in [1.82, 2.24) is 19.2 Å². The molecule has 2 aromatic heterocycles. The lowest BCUT2D eigenvalue weighted by molar-refractivity contribution is 0.893. The Morgan fingerprint density at radius 2 is 1.72 bits per heavy atom. The zero-order valence-corrected chi connectivity index (χ0v) is 14.6. The van der Waals surface area contributed by atoms with Crippen LogP contribution in [0, 0.1) is 0 Å². The Labute approximate surface area is 152 Å². The first kappa shape index (κ1) is 15.9. The van der Waals surface area contributed by atoms with Gasteiger partial charge >= 0.3 is 5.56 Å². The van der Waals surface area contributed by atoms with Crippen LogP contribution in [0.3, 0.4) is 0 Å². The number of thioether (sulfide) groups is 1. The molecule has 0 saturated heterocycles. The molecule has 5 nitrogen and oxygen atoms in total. The number of nitrogens with zero attached hydrogens (tertiary/aromatic N) is 4. The Bertz CT molecular complexity index is 1090. The van der Waals surface area contributed by atoms with E-state index < -0.39 is 0 Å². The Morgan fingerprint density at radius 3 is 2.52 bits per heavy atom. The van der Waals surface area contributed by atoms with Gasteiger partial charge in [-0.25, -0.2) is 0 Å². The molecule has 25 heavy (non-hydrogen) atoms. The van der Waals surface area contributed by atoms with Crippen molar-refractivity contribution in [2.45, 2.75) is 10.9 Å². The third-order valence-corrected chi connectivity index (χ3v) is 5.10. The second-order valence-electron chi connectivity index (χ2n) is 5.38. The van der Waals surface area contributed by atoms with E-state index in [-0.39, 0.29) is 11.2 Å². The number of hydrogen-bond acceptors (Lipinski definition) is 4. The van der Waals surface area contributed by atoms with Gasteiger partial charge in [-0.2, -0.15) is 0 Å². The second-order valence-corrected chi connectivity index (χ2v) is 6.72. The SMILES string of the molecule is O=c1c2nnc(SCc3ccccc3)n2ccn1-c1ccccc1Cl. The standard InChI is InChI=1S/C18H13ClN4OS/c19-14-8-4-5-9-15(14)22-10-11-23-16(17(22)24)20-21-18(23)25-12-13-6-2-1-3-7-13/h1-11H,12H2. The summed E-state index contributed by atoms with van der Waals surface area (Å²) in [6.07, 6.45) is 3.47. The maximum absolute atomic E-state index is 12.7. The summed E-state index contributed by atoms with van der Waals surface area (Å²) in [5.74, 6) is 0.759. The van der Waals surface area contributed by atoms with E-state index in [4.69, 9.17) is 11.6 Å². The van der Waals surface area contributed by atoms with E-state index >= 15 is 0 Å². The molecule has 0 bridgehead atoms. The van der Waals surface area contributed by atoms with E-state index in [1.807, 2.05) is 30.3 Å². The molecule has 4 aromatic rings. The number of rotatable bonds is 4. The van der Waals surface area contributed by atoms with Crippen molar-refractivity contribution in [2.24, 2.45) is 0 Å². The average molecular weight is 369 g/mol. The smallest absolute Gasteiger partial charge is 0.278 e. The molecule has 0 atom stereocenters. The Balaban J connectivity index is 1.70. The number of hydrogen-bond donors (Lipinski definition) is 0. The summed E-state index contributed by atoms with van der Waals surface area (Å²) in [6.45, 7) is 0. The second kappa shape index (κ2) is 6.74. The van der Waals surface area contributed by atoms with Crippen LogP contribution in [0.4, 0.5) is 0 Å². The van der Waals surface area contributed by atoms with Gasteiger partial charge in [-0.15, -0.1) is 10.2 Å². The third kappa shape index (κ3) is 3.06. The number of aromatic nitrogens is 4. The fourth-order valence-corrected chi connectivity index (χ4v) is 3.62. The fourth-order valence-electron chi connectivity index (χ4n) is 2.52. The lowest BCUT2D eigenvalue weighted by Gasteiger charge is -2.08. The molecular formula is C18H13ClN4OS. The molecule has 0 fully saturated rings. The molecule has 0 aliphatic carbocycles. The van der Waals surface area contributed by atoms with E-state index in [1.165, 1.54) is 21.9 Å². The number of halogens is 1. The van der Waals surface area contributed by atoms with Gasteiger partial charge in [-0.05, 0) is 17.7 Å². The number of benzene rings is 2. The van der Waals surface area contributed by atoms with E-state index in [2.05, 4.69) is 22.3 Å². The predicted molar refractivity (Wildman–Crippen MR) is 99.6 cm³/mol. The van der Waals surface area contributed by atoms with Gasteiger partial charge in [0, 0.05) is 18.1 Å². The van der Waals surface area contributed by atoms with Crippen molar-refractivity contribution in [3.8, 4) is 5.69 Å². The maximum Gasteiger partial charge on any atom is 0.300 e. The summed E-state index contributed by atoms with van der Waals surface area (Å²) in [5, 5.41) is 9.41. The van der Waals surface area contributed by atoms with Gasteiger partial charge in [-0.1, -0.05) is 65.8 Å². The molecule has 0 radical (unpaired) electrons. The predicted octanol–water partition coefficient (Wildman–Crippen LogP) is 3.83. The highest BCUT2D eigenvalue weighted by atomic mass is 35.5. The highest BCUT2D eigenvalue weighted by molar-refractivity contribution is 7.98. The maximum atomic E-state index is 12.7. The van der Waals surface area contributed by atoms with Crippen molar-refractivity contribution in [1.29, 1.82) is 0 Å². The monoisotopic (exact) mass is 368 g/mol. The summed E-state index contributed by atoms with van der Waals surface area (Å²) in [7, 11) is 0. The van der Waals surface area contributed by atoms with Gasteiger partial charge < -0.3 is 0 Å². The van der Waals surface area contributed by atoms with Crippen LogP contribution in [-0.2, 0) is 5.75 Å². The molecule has 0 saturated carbocycles. The average Bonchev–Trinajstić information content (AvgIpc) is 3.06. The van der Waals surface area contributed by atoms with Crippen molar-refractivity contribution < 1.29 is 0 Å². The summed E-state index contributed by atoms with van der Waals surface area (Å²) in [5.41, 5.74) is 1.83. The Hall–Kier alpha value is -2.57. The minimum absolute atomic E-state index is 0.255. The zero-order chi connectivity index (χ0) is 17.2. The molecule has 2 heterocycles. The van der Waals surface area contributed by atoms with Gasteiger partial charge in [0.2, 0.25) is 5.65 Å². The highest BCUT2D eigenvalue weighted by Gasteiger charge is 2.13. The fraction of sp³-hybridized carbons (Fsp3) is 0.0556. The molecule has 0 spiro atoms. The zero-order valence-electron chi connectivity index (χ0n) is 13.0. The van der Waals surface area contributed by atoms with Crippen LogP contribution in [0.2, 0.25) is 5.02 Å². The van der Waals surface area contributed by atoms with Crippen LogP contribution < -0.4 is 5.56 Å². The van der Waals surface area contributed by atoms with Crippen LogP contribution in [0.15, 0.2) is 76.9 Å². The lowest BCUT2D eigenvalue weighted by Crippen LogP contribution is -2.20. The number of fused-ring (bicyclic) bond motifs is 1. The van der Waals surface area contributed by atoms with Crippen molar-refractivity contribution in [3.05, 3.63) is 87.9 Å². The first-order valence-electron chi connectivity index (χ1n) is 7.62. The van der Waals surface area contributed by atoms with Gasteiger partial charge in [0.1, 0.15) is 0 Å². The minimum atomic E-state index is -0.255. The van der Waals surface area contributed by atoms with Crippen molar-refractivity contribution in [3.63, 3.8) is 0 Å². The van der Waals surface area contributed by atoms with E-state index in [0.717, 1.165) is 5.75 Å². The molecule has 7 heteroatoms. The van der Waals surface area contributed by atoms with Gasteiger partial charge in [0.05, 0.1) is 10.7 Å². The highest BCUT2D eigenvalue weighted by Crippen LogP contribution is 2.22. The van der Waals surface area contributed by atoms with Gasteiger partial charge in [-0.3, -0.25) is 13.8 Å². The van der Waals surface area contributed by atoms with E-state index in [0.29, 0.717) is 15.9 Å². The summed E-state index contributed by atoms with van der Waals surface area (Å²) in [6, 6.07) is 17.3. The molecule has 124 valence electrons. The quantitative estimate of drug-likeness (QED) is 0.514. The van der Waals surface area contributed by atoms with Crippen molar-refractivity contribution >= 4 is 29.0 Å². The molecule has 0 unspecified atom stereocenters. The Morgan fingerprint density at radius 1 is 0.960 bits per heavy atom. The van der Waals surface area contributed by atoms with Crippen LogP contribution in [0.5, 0.6) is 0 Å². The van der Waals surface area contributed by atoms with E-state index in [9.17, 15) is 4.79 Å². The van der Waals surface area contributed by atoms with Gasteiger partial charge in [0.25, 0.3) is 0 Å². The van der Waals surface area contributed by atoms with Crippen LogP contribution in [-0.4, -0.2) is 19.2 Å². The first-order chi connectivity index (χ1) is 12.2. The molecule has 0 N–H and O–H groups in total. The number of para-hydroxylation sites is 1. The van der Waals surface area contributed by atoms with E-state index in [1.54, 1.807) is 28.9 Å². The molecule has 4 rings (SSSR count). The normalized spacial score (nSPS) is 11.1. The molecule has 0 aliphatic rings. The van der Waals surface area contributed by atoms with Crippen LogP contribution in [0.1, 0.15) is 5.56 Å². The topological polar surface area (TPSA) is 52.2 Å². The molecule has 0 amide bonds. The third-order valence-electron chi connectivity index (χ3n) is 3.76. The largest absolute Gasteiger partial charge is 0.300 e. The van der Waals surface area contributed by atoms with Gasteiger partial charge in [0.15, 0.2) is 5.16 Å². The summed E-state index contributed by atoms with van der Waals surface area (Å²) < 4.78 is 3.20. The molecule has 0 aliphatic heterocycles. The lowest BCUT2D eigenvalue weighted by atomic mass is 10.2. The molecular weight excluding hydrogens is 356 g/mol. The summed E-state index contributed by atoms with van der Waals surface area (Å²) >= 11 is 7.74. The van der Waals surface area contributed by atoms with Crippen molar-refractivity contribution in [2.75, 3.05) is 0 Å². The van der Waals surface area contributed by atoms with Crippen LogP contribution >= 0.6 is 23.4 Å².